The lowest BCUT2D eigenvalue weighted by Crippen LogP contribution is -2.07. The first-order valence-corrected chi connectivity index (χ1v) is 9.42. The number of aromatic nitrogens is 2. The Morgan fingerprint density at radius 1 is 1.06 bits per heavy atom. The van der Waals surface area contributed by atoms with Crippen molar-refractivity contribution in [2.45, 2.75) is 12.8 Å². The first kappa shape index (κ1) is 21.9. The number of rotatable bonds is 6. The van der Waals surface area contributed by atoms with E-state index in [-0.39, 0.29) is 12.2 Å². The zero-order valence-corrected chi connectivity index (χ0v) is 16.6. The van der Waals surface area contributed by atoms with Crippen molar-refractivity contribution in [3.8, 4) is 5.88 Å². The van der Waals surface area contributed by atoms with Crippen LogP contribution in [0.25, 0.3) is 0 Å². The molecule has 31 heavy (non-hydrogen) atoms. The van der Waals surface area contributed by atoms with Gasteiger partial charge < -0.3 is 10.2 Å². The van der Waals surface area contributed by atoms with Crippen molar-refractivity contribution in [1.82, 2.24) is 9.97 Å². The number of carbonyl (C=O) groups is 1. The van der Waals surface area contributed by atoms with Crippen molar-refractivity contribution in [1.29, 1.82) is 0 Å². The van der Waals surface area contributed by atoms with Crippen LogP contribution < -0.4 is 10.2 Å². The predicted octanol–water partition coefficient (Wildman–Crippen LogP) is 4.63. The number of aldehydes is 1. The van der Waals surface area contributed by atoms with E-state index in [9.17, 15) is 18.0 Å². The highest BCUT2D eigenvalue weighted by Gasteiger charge is 2.29. The molecule has 0 bridgehead atoms. The predicted molar refractivity (Wildman–Crippen MR) is 110 cm³/mol. The van der Waals surface area contributed by atoms with E-state index in [1.165, 1.54) is 24.4 Å². The summed E-state index contributed by atoms with van der Waals surface area (Å²) in [5, 5.41) is 7.06. The van der Waals surface area contributed by atoms with E-state index in [2.05, 4.69) is 20.4 Å². The third-order valence-electron chi connectivity index (χ3n) is 4.35. The minimum atomic E-state index is -0.824. The highest BCUT2D eigenvalue weighted by Crippen LogP contribution is 2.33. The molecule has 160 valence electrons. The number of anilines is 1. The third-order valence-corrected chi connectivity index (χ3v) is 4.35. The summed E-state index contributed by atoms with van der Waals surface area (Å²) >= 11 is 0. The van der Waals surface area contributed by atoms with Crippen LogP contribution in [-0.2, 0) is 0 Å². The normalized spacial score (nSPS) is 13.1. The van der Waals surface area contributed by atoms with Gasteiger partial charge in [-0.25, -0.2) is 23.1 Å². The van der Waals surface area contributed by atoms with E-state index in [0.717, 1.165) is 42.1 Å². The van der Waals surface area contributed by atoms with E-state index < -0.39 is 23.0 Å². The Bertz CT molecular complexity index is 1050. The molecular weight excluding hydrogens is 409 g/mol. The van der Waals surface area contributed by atoms with Crippen LogP contribution in [-0.4, -0.2) is 29.0 Å². The van der Waals surface area contributed by atoms with Gasteiger partial charge in [0.2, 0.25) is 0 Å². The van der Waals surface area contributed by atoms with Crippen LogP contribution in [0.15, 0.2) is 60.0 Å². The number of benzene rings is 1. The van der Waals surface area contributed by atoms with Crippen LogP contribution in [0.2, 0.25) is 0 Å². The number of nitrogens with one attached hydrogen (secondary N) is 1. The van der Waals surface area contributed by atoms with Crippen LogP contribution in [0.1, 0.15) is 28.8 Å². The summed E-state index contributed by atoms with van der Waals surface area (Å²) in [6.07, 6.45) is 5.47. The zero-order valence-electron chi connectivity index (χ0n) is 16.6. The summed E-state index contributed by atoms with van der Waals surface area (Å²) in [5.74, 6) is -1.16. The van der Waals surface area contributed by atoms with Gasteiger partial charge in [-0.15, -0.1) is 0 Å². The maximum atomic E-state index is 13.5. The molecule has 2 aromatic heterocycles. The number of carbonyl (C=O) groups excluding carboxylic acids is 1. The van der Waals surface area contributed by atoms with Crippen molar-refractivity contribution in [2.24, 2.45) is 11.1 Å². The zero-order chi connectivity index (χ0) is 22.2. The second-order valence-corrected chi connectivity index (χ2v) is 6.57. The Hall–Kier alpha value is -3.75. The molecule has 3 aromatic rings. The summed E-state index contributed by atoms with van der Waals surface area (Å²) in [7, 11) is 1.81. The fraction of sp³-hybridized carbons (Fsp3) is 0.182. The van der Waals surface area contributed by atoms with Gasteiger partial charge in [-0.05, 0) is 49.2 Å². The lowest BCUT2D eigenvalue weighted by Gasteiger charge is -2.06. The maximum Gasteiger partial charge on any atom is 0.284 e. The Balaban J connectivity index is 0.000000229. The van der Waals surface area contributed by atoms with E-state index in [1.54, 1.807) is 6.20 Å². The fourth-order valence-corrected chi connectivity index (χ4v) is 2.57. The van der Waals surface area contributed by atoms with Gasteiger partial charge in [0.1, 0.15) is 17.5 Å². The number of pyridine rings is 2. The first-order valence-electron chi connectivity index (χ1n) is 9.42. The molecule has 0 aliphatic heterocycles. The second kappa shape index (κ2) is 10.3. The lowest BCUT2D eigenvalue weighted by molar-refractivity contribution is 0.111. The molecule has 1 fully saturated rings. The van der Waals surface area contributed by atoms with Crippen molar-refractivity contribution in [3.63, 3.8) is 0 Å². The minimum absolute atomic E-state index is 0.115. The molecule has 6 nitrogen and oxygen atoms in total. The van der Waals surface area contributed by atoms with Crippen LogP contribution in [0.5, 0.6) is 5.88 Å². The SMILES string of the molecule is CNc1ccc(/C(=N/Oc2ncccc2F)C2CC2)cn1.O=Cc1c(F)cccc1F. The molecule has 0 amide bonds. The van der Waals surface area contributed by atoms with Gasteiger partial charge in [0.15, 0.2) is 12.1 Å². The number of oxime groups is 1. The van der Waals surface area contributed by atoms with E-state index in [1.807, 2.05) is 19.2 Å². The first-order chi connectivity index (χ1) is 15.0. The summed E-state index contributed by atoms with van der Waals surface area (Å²) < 4.78 is 38.2. The molecule has 1 aliphatic rings. The number of hydrogen-bond donors (Lipinski definition) is 1. The topological polar surface area (TPSA) is 76.5 Å². The molecule has 0 radical (unpaired) electrons. The monoisotopic (exact) mass is 428 g/mol. The average Bonchev–Trinajstić information content (AvgIpc) is 3.61. The van der Waals surface area contributed by atoms with Gasteiger partial charge in [0, 0.05) is 30.9 Å². The maximum absolute atomic E-state index is 13.5. The average molecular weight is 428 g/mol. The van der Waals surface area contributed by atoms with Crippen LogP contribution in [0.4, 0.5) is 19.0 Å². The van der Waals surface area contributed by atoms with Gasteiger partial charge >= 0.3 is 0 Å². The van der Waals surface area contributed by atoms with Gasteiger partial charge in [-0.3, -0.25) is 4.79 Å². The van der Waals surface area contributed by atoms with E-state index in [4.69, 9.17) is 4.84 Å². The molecule has 2 heterocycles. The smallest absolute Gasteiger partial charge is 0.284 e. The minimum Gasteiger partial charge on any atom is -0.373 e. The van der Waals surface area contributed by atoms with Crippen LogP contribution >= 0.6 is 0 Å². The van der Waals surface area contributed by atoms with E-state index >= 15 is 0 Å². The van der Waals surface area contributed by atoms with E-state index in [0.29, 0.717) is 5.92 Å². The molecule has 1 N–H and O–H groups in total. The molecule has 4 rings (SSSR count). The number of halogens is 3. The Kier molecular flexibility index (Phi) is 7.31. The van der Waals surface area contributed by atoms with Gasteiger partial charge in [-0.2, -0.15) is 0 Å². The fourth-order valence-electron chi connectivity index (χ4n) is 2.57. The lowest BCUT2D eigenvalue weighted by atomic mass is 10.1. The Morgan fingerprint density at radius 3 is 2.29 bits per heavy atom. The highest BCUT2D eigenvalue weighted by molar-refractivity contribution is 6.03. The molecule has 1 saturated carbocycles. The summed E-state index contributed by atoms with van der Waals surface area (Å²) in [6.45, 7) is 0. The van der Waals surface area contributed by atoms with Gasteiger partial charge in [0.05, 0.1) is 11.3 Å². The number of nitrogens with zero attached hydrogens (tertiary/aromatic N) is 3. The highest BCUT2D eigenvalue weighted by atomic mass is 19.1. The third kappa shape index (κ3) is 5.88. The molecule has 0 spiro atoms. The Morgan fingerprint density at radius 2 is 1.77 bits per heavy atom. The molecule has 0 saturated heterocycles. The molecule has 1 aromatic carbocycles. The van der Waals surface area contributed by atoms with Crippen molar-refractivity contribution >= 4 is 17.8 Å². The largest absolute Gasteiger partial charge is 0.373 e. The summed E-state index contributed by atoms with van der Waals surface area (Å²) in [4.78, 5) is 23.2. The summed E-state index contributed by atoms with van der Waals surface area (Å²) in [5.41, 5.74) is 1.16. The van der Waals surface area contributed by atoms with Crippen molar-refractivity contribution in [3.05, 3.63) is 83.4 Å². The van der Waals surface area contributed by atoms with Crippen LogP contribution in [0, 0.1) is 23.4 Å². The molecule has 1 aliphatic carbocycles. The molecule has 9 heteroatoms. The number of hydrogen-bond acceptors (Lipinski definition) is 6. The van der Waals surface area contributed by atoms with Crippen LogP contribution in [0.3, 0.4) is 0 Å². The standard InChI is InChI=1S/C15H15FN4O.C7H4F2O/c1-17-13-7-6-11(9-19-13)14(10-4-5-10)20-21-15-12(16)3-2-8-18-15;8-6-2-1-3-7(9)5(6)4-10/h2-3,6-10H,4-5H2,1H3,(H,17,19);1-4H/b20-14+;. The second-order valence-electron chi connectivity index (χ2n) is 6.57. The summed E-state index contributed by atoms with van der Waals surface area (Å²) in [6, 6.07) is 9.87. The molecule has 0 unspecified atom stereocenters. The van der Waals surface area contributed by atoms with Crippen molar-refractivity contribution < 1.29 is 22.8 Å². The molecular formula is C22H19F3N4O2. The van der Waals surface area contributed by atoms with Crippen molar-refractivity contribution in [2.75, 3.05) is 12.4 Å². The van der Waals surface area contributed by atoms with Gasteiger partial charge in [-0.1, -0.05) is 11.2 Å². The Labute approximate surface area is 176 Å². The molecule has 0 atom stereocenters. The quantitative estimate of drug-likeness (QED) is 0.352. The van der Waals surface area contributed by atoms with Gasteiger partial charge in [0.25, 0.3) is 5.88 Å².